The molecule has 0 bridgehead atoms. The molecular weight excluding hydrogens is 339 g/mol. The Morgan fingerprint density at radius 1 is 1.20 bits per heavy atom. The van der Waals surface area contributed by atoms with Crippen molar-refractivity contribution in [2.24, 2.45) is 17.6 Å². The summed E-state index contributed by atoms with van der Waals surface area (Å²) in [5.74, 6) is -1.83. The van der Waals surface area contributed by atoms with E-state index in [1.165, 1.54) is 18.7 Å². The second-order valence-electron chi connectivity index (χ2n) is 7.22. The van der Waals surface area contributed by atoms with Crippen molar-refractivity contribution >= 4 is 11.8 Å². The molecule has 25 heavy (non-hydrogen) atoms. The number of carbonyl (C=O) groups excluding carboxylic acids is 2. The Kier molecular flexibility index (Phi) is 7.25. The molecule has 0 aromatic heterocycles. The van der Waals surface area contributed by atoms with Gasteiger partial charge in [-0.05, 0) is 24.7 Å². The van der Waals surface area contributed by atoms with E-state index in [2.05, 4.69) is 5.32 Å². The van der Waals surface area contributed by atoms with E-state index in [-0.39, 0.29) is 11.8 Å². The van der Waals surface area contributed by atoms with Crippen LogP contribution in [0.25, 0.3) is 0 Å². The Labute approximate surface area is 145 Å². The number of hydrogen-bond acceptors (Lipinski definition) is 4. The average Bonchev–Trinajstić information content (AvgIpc) is 2.98. The van der Waals surface area contributed by atoms with Crippen molar-refractivity contribution in [3.8, 4) is 0 Å². The third-order valence-electron chi connectivity index (χ3n) is 4.54. The van der Waals surface area contributed by atoms with Crippen LogP contribution >= 0.6 is 0 Å². The zero-order valence-corrected chi connectivity index (χ0v) is 15.0. The van der Waals surface area contributed by atoms with Gasteiger partial charge in [0.05, 0.1) is 12.1 Å². The summed E-state index contributed by atoms with van der Waals surface area (Å²) in [4.78, 5) is 26.2. The number of rotatable bonds is 6. The number of carbonyl (C=O) groups is 2. The van der Waals surface area contributed by atoms with Crippen LogP contribution in [-0.2, 0) is 9.59 Å². The van der Waals surface area contributed by atoms with Gasteiger partial charge in [-0.25, -0.2) is 0 Å². The highest BCUT2D eigenvalue weighted by molar-refractivity contribution is 5.90. The lowest BCUT2D eigenvalue weighted by molar-refractivity contribution is -0.215. The summed E-state index contributed by atoms with van der Waals surface area (Å²) in [6, 6.07) is -3.11. The molecule has 2 amide bonds. The van der Waals surface area contributed by atoms with Crippen molar-refractivity contribution < 1.29 is 27.9 Å². The second kappa shape index (κ2) is 8.35. The SMILES string of the molecule is CC(C)C(NC(=O)[C@@H]1CCCN1C(=O)[C@@H](N)C(C)C)C(O)C(F)(F)F. The molecule has 1 aliphatic heterocycles. The number of hydrogen-bond donors (Lipinski definition) is 3. The molecule has 4 atom stereocenters. The number of alkyl halides is 3. The normalized spacial score (nSPS) is 22.2. The van der Waals surface area contributed by atoms with Crippen LogP contribution in [0, 0.1) is 11.8 Å². The smallest absolute Gasteiger partial charge is 0.382 e. The number of nitrogens with zero attached hydrogens (tertiary/aromatic N) is 1. The first-order chi connectivity index (χ1) is 11.4. The molecule has 1 aliphatic rings. The lowest BCUT2D eigenvalue weighted by Crippen LogP contribution is -2.58. The van der Waals surface area contributed by atoms with E-state index in [0.717, 1.165) is 0 Å². The van der Waals surface area contributed by atoms with Gasteiger partial charge in [-0.1, -0.05) is 27.7 Å². The van der Waals surface area contributed by atoms with Crippen molar-refractivity contribution in [2.75, 3.05) is 6.54 Å². The van der Waals surface area contributed by atoms with Gasteiger partial charge in [0, 0.05) is 6.54 Å². The molecule has 1 heterocycles. The maximum atomic E-state index is 12.8. The van der Waals surface area contributed by atoms with Crippen LogP contribution in [0.5, 0.6) is 0 Å². The lowest BCUT2D eigenvalue weighted by atomic mass is 9.97. The summed E-state index contributed by atoms with van der Waals surface area (Å²) in [5, 5.41) is 11.8. The quantitative estimate of drug-likeness (QED) is 0.653. The van der Waals surface area contributed by atoms with E-state index in [9.17, 15) is 27.9 Å². The van der Waals surface area contributed by atoms with Crippen LogP contribution in [0.3, 0.4) is 0 Å². The summed E-state index contributed by atoms with van der Waals surface area (Å²) >= 11 is 0. The predicted molar refractivity (Wildman–Crippen MR) is 86.4 cm³/mol. The highest BCUT2D eigenvalue weighted by Gasteiger charge is 2.46. The molecule has 0 saturated carbocycles. The topological polar surface area (TPSA) is 95.7 Å². The molecule has 6 nitrogen and oxygen atoms in total. The van der Waals surface area contributed by atoms with E-state index in [1.54, 1.807) is 13.8 Å². The minimum absolute atomic E-state index is 0.118. The Morgan fingerprint density at radius 2 is 1.76 bits per heavy atom. The molecule has 146 valence electrons. The molecule has 9 heteroatoms. The highest BCUT2D eigenvalue weighted by atomic mass is 19.4. The summed E-state index contributed by atoms with van der Waals surface area (Å²) in [6.07, 6.45) is -6.58. The average molecular weight is 367 g/mol. The first kappa shape index (κ1) is 21.7. The number of nitrogens with one attached hydrogen (secondary N) is 1. The lowest BCUT2D eigenvalue weighted by Gasteiger charge is -2.32. The van der Waals surface area contributed by atoms with Gasteiger partial charge in [0.15, 0.2) is 6.10 Å². The number of nitrogens with two attached hydrogens (primary N) is 1. The summed E-state index contributed by atoms with van der Waals surface area (Å²) in [6.45, 7) is 6.86. The maximum Gasteiger partial charge on any atom is 0.416 e. The number of likely N-dealkylation sites (tertiary alicyclic amines) is 1. The molecule has 0 aromatic carbocycles. The third kappa shape index (κ3) is 5.31. The number of amides is 2. The Balaban J connectivity index is 2.88. The highest BCUT2D eigenvalue weighted by Crippen LogP contribution is 2.26. The number of halogens is 3. The fraction of sp³-hybridized carbons (Fsp3) is 0.875. The minimum atomic E-state index is -4.84. The Morgan fingerprint density at radius 3 is 2.20 bits per heavy atom. The van der Waals surface area contributed by atoms with E-state index in [0.29, 0.717) is 19.4 Å². The van der Waals surface area contributed by atoms with E-state index >= 15 is 0 Å². The van der Waals surface area contributed by atoms with Crippen LogP contribution in [0.15, 0.2) is 0 Å². The molecule has 1 rings (SSSR count). The van der Waals surface area contributed by atoms with Gasteiger partial charge in [0.2, 0.25) is 11.8 Å². The first-order valence-electron chi connectivity index (χ1n) is 8.49. The maximum absolute atomic E-state index is 12.8. The largest absolute Gasteiger partial charge is 0.416 e. The van der Waals surface area contributed by atoms with Gasteiger partial charge in [0.25, 0.3) is 0 Å². The second-order valence-corrected chi connectivity index (χ2v) is 7.22. The standard InChI is InChI=1S/C16H28F3N3O3/c1-8(2)11(20)15(25)22-7-5-6-10(22)14(24)21-12(9(3)4)13(23)16(17,18)19/h8-13,23H,5-7,20H2,1-4H3,(H,21,24)/t10-,11-,12?,13?/m0/s1. The zero-order valence-electron chi connectivity index (χ0n) is 15.0. The molecule has 0 radical (unpaired) electrons. The van der Waals surface area contributed by atoms with Crippen molar-refractivity contribution in [3.05, 3.63) is 0 Å². The van der Waals surface area contributed by atoms with Gasteiger partial charge in [-0.3, -0.25) is 9.59 Å². The van der Waals surface area contributed by atoms with E-state index < -0.39 is 42.2 Å². The fourth-order valence-electron chi connectivity index (χ4n) is 2.85. The van der Waals surface area contributed by atoms with Gasteiger partial charge in [0.1, 0.15) is 6.04 Å². The van der Waals surface area contributed by atoms with Crippen molar-refractivity contribution in [1.82, 2.24) is 10.2 Å². The summed E-state index contributed by atoms with van der Waals surface area (Å²) < 4.78 is 38.4. The predicted octanol–water partition coefficient (Wildman–Crippen LogP) is 1.02. The zero-order chi connectivity index (χ0) is 19.5. The summed E-state index contributed by atoms with van der Waals surface area (Å²) in [5.41, 5.74) is 5.85. The van der Waals surface area contributed by atoms with Crippen molar-refractivity contribution in [3.63, 3.8) is 0 Å². The van der Waals surface area contributed by atoms with Crippen LogP contribution in [0.2, 0.25) is 0 Å². The van der Waals surface area contributed by atoms with Gasteiger partial charge in [-0.15, -0.1) is 0 Å². The third-order valence-corrected chi connectivity index (χ3v) is 4.54. The summed E-state index contributed by atoms with van der Waals surface area (Å²) in [7, 11) is 0. The molecular formula is C16H28F3N3O3. The van der Waals surface area contributed by atoms with Gasteiger partial charge >= 0.3 is 6.18 Å². The van der Waals surface area contributed by atoms with Gasteiger partial charge in [-0.2, -0.15) is 13.2 Å². The van der Waals surface area contributed by atoms with Crippen molar-refractivity contribution in [1.29, 1.82) is 0 Å². The molecule has 1 fully saturated rings. The molecule has 1 saturated heterocycles. The molecule has 0 aliphatic carbocycles. The monoisotopic (exact) mass is 367 g/mol. The first-order valence-corrected chi connectivity index (χ1v) is 8.49. The van der Waals surface area contributed by atoms with Crippen LogP contribution < -0.4 is 11.1 Å². The minimum Gasteiger partial charge on any atom is -0.382 e. The molecule has 0 spiro atoms. The molecule has 0 aromatic rings. The van der Waals surface area contributed by atoms with Crippen LogP contribution in [0.4, 0.5) is 13.2 Å². The molecule has 4 N–H and O–H groups in total. The van der Waals surface area contributed by atoms with E-state index in [1.807, 2.05) is 0 Å². The van der Waals surface area contributed by atoms with Crippen molar-refractivity contribution in [2.45, 2.75) is 70.9 Å². The fourth-order valence-corrected chi connectivity index (χ4v) is 2.85. The Hall–Kier alpha value is -1.35. The van der Waals surface area contributed by atoms with Gasteiger partial charge < -0.3 is 21.1 Å². The Bertz CT molecular complexity index is 483. The number of aliphatic hydroxyl groups excluding tert-OH is 1. The van der Waals surface area contributed by atoms with Crippen LogP contribution in [-0.4, -0.2) is 58.8 Å². The van der Waals surface area contributed by atoms with Crippen LogP contribution in [0.1, 0.15) is 40.5 Å². The molecule has 2 unspecified atom stereocenters. The number of aliphatic hydroxyl groups is 1. The van der Waals surface area contributed by atoms with E-state index in [4.69, 9.17) is 5.73 Å².